The number of carboxylic acid groups (broad SMARTS) is 1. The van der Waals surface area contributed by atoms with E-state index in [1.54, 1.807) is 6.92 Å². The van der Waals surface area contributed by atoms with Gasteiger partial charge >= 0.3 is 29.8 Å². The number of esters is 4. The van der Waals surface area contributed by atoms with Crippen molar-refractivity contribution >= 4 is 29.8 Å². The minimum absolute atomic E-state index is 0.00732. The minimum Gasteiger partial charge on any atom is -0.481 e. The first-order chi connectivity index (χ1) is 30.6. The largest absolute Gasteiger partial charge is 0.481 e. The van der Waals surface area contributed by atoms with Gasteiger partial charge in [-0.05, 0) is 185 Å². The van der Waals surface area contributed by atoms with Crippen molar-refractivity contribution in [2.24, 2.45) is 136 Å². The van der Waals surface area contributed by atoms with Crippen molar-refractivity contribution in [3.63, 3.8) is 0 Å². The van der Waals surface area contributed by atoms with Gasteiger partial charge in [-0.1, -0.05) is 13.8 Å². The molecule has 7 heterocycles. The van der Waals surface area contributed by atoms with Gasteiger partial charge < -0.3 is 38.6 Å². The van der Waals surface area contributed by atoms with Gasteiger partial charge in [0, 0.05) is 0 Å². The van der Waals surface area contributed by atoms with Crippen LogP contribution in [0.3, 0.4) is 0 Å². The third-order valence-electron chi connectivity index (χ3n) is 21.8. The van der Waals surface area contributed by atoms with Crippen LogP contribution in [0.2, 0.25) is 0 Å². The SMILES string of the molecule is CC1C(=O)OC(=O)C1CC1C(CC2C(CC3C(C)C4OC3C3C5CC(CC5C(=O)OC(C)(C)C)C43)C3OC2C2C4CC(CC4C(=O)OCCO)C32)C2OC1C1C3CC(CC3C(=O)O)C21. The summed E-state index contributed by atoms with van der Waals surface area (Å²) in [6, 6.07) is 0. The predicted molar refractivity (Wildman–Crippen MR) is 222 cm³/mol. The van der Waals surface area contributed by atoms with Gasteiger partial charge in [0.15, 0.2) is 0 Å². The van der Waals surface area contributed by atoms with Crippen molar-refractivity contribution in [3.8, 4) is 0 Å². The molecule has 0 amide bonds. The first kappa shape index (κ1) is 41.6. The van der Waals surface area contributed by atoms with Gasteiger partial charge in [0.05, 0.1) is 72.8 Å². The number of rotatable bonds is 11. The molecule has 13 heteroatoms. The summed E-state index contributed by atoms with van der Waals surface area (Å²) >= 11 is 0. The normalized spacial score (nSPS) is 56.9. The van der Waals surface area contributed by atoms with Crippen LogP contribution in [0.4, 0.5) is 0 Å². The molecule has 13 rings (SSSR count). The lowest BCUT2D eigenvalue weighted by Gasteiger charge is -2.47. The molecule has 0 aromatic carbocycles. The van der Waals surface area contributed by atoms with E-state index in [9.17, 15) is 34.2 Å². The number of carbonyl (C=O) groups excluding carboxylic acids is 4. The molecule has 0 aromatic heterocycles. The molecule has 0 spiro atoms. The summed E-state index contributed by atoms with van der Waals surface area (Å²) in [5.74, 6) is 1.47. The van der Waals surface area contributed by atoms with Crippen LogP contribution in [-0.4, -0.2) is 95.5 Å². The molecule has 7 saturated heterocycles. The molecule has 7 aliphatic heterocycles. The van der Waals surface area contributed by atoms with E-state index in [0.717, 1.165) is 44.9 Å². The van der Waals surface area contributed by atoms with Crippen molar-refractivity contribution < 1.29 is 62.6 Å². The zero-order valence-electron chi connectivity index (χ0n) is 37.9. The molecular weight excluding hydrogens is 821 g/mol. The number of cyclic esters (lactones) is 2. The second-order valence-electron chi connectivity index (χ2n) is 24.9. The van der Waals surface area contributed by atoms with Gasteiger partial charge in [0.25, 0.3) is 0 Å². The van der Waals surface area contributed by atoms with Crippen LogP contribution in [-0.2, 0) is 52.4 Å². The van der Waals surface area contributed by atoms with E-state index in [-0.39, 0.29) is 127 Å². The van der Waals surface area contributed by atoms with E-state index < -0.39 is 35.3 Å². The van der Waals surface area contributed by atoms with Gasteiger partial charge in [-0.25, -0.2) is 0 Å². The van der Waals surface area contributed by atoms with Crippen molar-refractivity contribution in [2.75, 3.05) is 13.2 Å². The van der Waals surface area contributed by atoms with Gasteiger partial charge in [-0.2, -0.15) is 0 Å². The highest BCUT2D eigenvalue weighted by Crippen LogP contribution is 2.73. The van der Waals surface area contributed by atoms with Gasteiger partial charge in [-0.15, -0.1) is 0 Å². The Labute approximate surface area is 375 Å². The molecule has 29 unspecified atom stereocenters. The second-order valence-corrected chi connectivity index (χ2v) is 24.9. The number of carbonyl (C=O) groups is 5. The molecule has 13 nitrogen and oxygen atoms in total. The first-order valence-electron chi connectivity index (χ1n) is 25.6. The maximum Gasteiger partial charge on any atom is 0.317 e. The maximum atomic E-state index is 13.7. The second kappa shape index (κ2) is 14.2. The summed E-state index contributed by atoms with van der Waals surface area (Å²) in [4.78, 5) is 65.7. The van der Waals surface area contributed by atoms with Crippen molar-refractivity contribution in [2.45, 2.75) is 135 Å². The fourth-order valence-corrected chi connectivity index (χ4v) is 20.1. The molecule has 0 radical (unpaired) electrons. The Morgan fingerprint density at radius 3 is 1.56 bits per heavy atom. The van der Waals surface area contributed by atoms with Crippen LogP contribution in [0, 0.1) is 136 Å². The maximum absolute atomic E-state index is 13.7. The zero-order chi connectivity index (χ0) is 44.2. The lowest BCUT2D eigenvalue weighted by Crippen LogP contribution is -2.51. The molecule has 350 valence electrons. The summed E-state index contributed by atoms with van der Waals surface area (Å²) in [7, 11) is 0. The highest BCUT2D eigenvalue weighted by Gasteiger charge is 2.75. The quantitative estimate of drug-likeness (QED) is 0.158. The third kappa shape index (κ3) is 5.59. The molecule has 29 atom stereocenters. The van der Waals surface area contributed by atoms with Crippen LogP contribution >= 0.6 is 0 Å². The van der Waals surface area contributed by atoms with Crippen LogP contribution in [0.25, 0.3) is 0 Å². The third-order valence-corrected chi connectivity index (χ3v) is 21.8. The summed E-state index contributed by atoms with van der Waals surface area (Å²) in [6.45, 7) is 9.90. The summed E-state index contributed by atoms with van der Waals surface area (Å²) in [5, 5.41) is 19.8. The van der Waals surface area contributed by atoms with E-state index >= 15 is 0 Å². The van der Waals surface area contributed by atoms with Crippen LogP contribution < -0.4 is 0 Å². The smallest absolute Gasteiger partial charge is 0.317 e. The van der Waals surface area contributed by atoms with Crippen LogP contribution in [0.5, 0.6) is 0 Å². The molecule has 0 aromatic rings. The van der Waals surface area contributed by atoms with E-state index in [0.29, 0.717) is 72.0 Å². The van der Waals surface area contributed by atoms with Gasteiger partial charge in [0.2, 0.25) is 0 Å². The Balaban J connectivity index is 0.823. The lowest BCUT2D eigenvalue weighted by molar-refractivity contribution is -0.163. The zero-order valence-corrected chi connectivity index (χ0v) is 37.9. The highest BCUT2D eigenvalue weighted by atomic mass is 16.6. The molecule has 64 heavy (non-hydrogen) atoms. The number of hydrogen-bond acceptors (Lipinski definition) is 12. The monoisotopic (exact) mass is 888 g/mol. The Kier molecular flexibility index (Phi) is 9.24. The number of ether oxygens (including phenoxy) is 6. The molecular formula is C51H68O13. The predicted octanol–water partition coefficient (Wildman–Crippen LogP) is 5.18. The molecule has 2 N–H and O–H groups in total. The number of carboxylic acids is 1. The van der Waals surface area contributed by atoms with Crippen LogP contribution in [0.15, 0.2) is 0 Å². The number of hydrogen-bond donors (Lipinski definition) is 2. The summed E-state index contributed by atoms with van der Waals surface area (Å²) < 4.78 is 38.4. The Bertz CT molecular complexity index is 2010. The number of fused-ring (bicyclic) bond motifs is 27. The number of aliphatic hydroxyl groups excluding tert-OH is 1. The Hall–Kier alpha value is -2.61. The van der Waals surface area contributed by atoms with Crippen molar-refractivity contribution in [1.29, 1.82) is 0 Å². The van der Waals surface area contributed by atoms with E-state index in [1.165, 1.54) is 0 Å². The fraction of sp³-hybridized carbons (Fsp3) is 0.902. The Morgan fingerprint density at radius 1 is 0.594 bits per heavy atom. The molecule has 6 saturated carbocycles. The molecule has 13 aliphatic rings. The van der Waals surface area contributed by atoms with E-state index in [1.807, 2.05) is 20.8 Å². The van der Waals surface area contributed by atoms with Gasteiger partial charge in [-0.3, -0.25) is 24.0 Å². The highest BCUT2D eigenvalue weighted by molar-refractivity contribution is 5.96. The lowest BCUT2D eigenvalue weighted by atomic mass is 9.54. The average Bonchev–Trinajstić information content (AvgIpc) is 4.07. The van der Waals surface area contributed by atoms with Crippen molar-refractivity contribution in [1.82, 2.24) is 0 Å². The summed E-state index contributed by atoms with van der Waals surface area (Å²) in [5.41, 5.74) is -0.521. The Morgan fingerprint density at radius 2 is 1.05 bits per heavy atom. The van der Waals surface area contributed by atoms with E-state index in [2.05, 4.69) is 6.92 Å². The topological polar surface area (TPSA) is 181 Å². The molecule has 6 aliphatic carbocycles. The fourth-order valence-electron chi connectivity index (χ4n) is 20.1. The first-order valence-corrected chi connectivity index (χ1v) is 25.6. The van der Waals surface area contributed by atoms with E-state index in [4.69, 9.17) is 28.4 Å². The average molecular weight is 889 g/mol. The minimum atomic E-state index is -0.711. The number of aliphatic carboxylic acids is 1. The van der Waals surface area contributed by atoms with Gasteiger partial charge in [0.1, 0.15) is 12.2 Å². The summed E-state index contributed by atoms with van der Waals surface area (Å²) in [6.07, 6.45) is 7.99. The molecule has 12 bridgehead atoms. The number of aliphatic hydroxyl groups is 1. The van der Waals surface area contributed by atoms with Crippen molar-refractivity contribution in [3.05, 3.63) is 0 Å². The molecule has 13 fully saturated rings. The standard InChI is InChI=1S/C51H68O13/c1-17-22(41-38-26-9-20(34(38)40(17)60-41)13-33(26)50(58)64-51(3,4)5)14-27-30(45-39-25-10-21(36(39)42(27)61-45)12-32(25)48(56)59-7-6-52)16-29-28(15-23-18(2)47(55)63-49(23)57)44-37-24-8-19(11-31(24)46(53)54)35(37)43(29)62-44/h17-45,52H,6-16H2,1-5H3,(H,53,54). The van der Waals surface area contributed by atoms with Crippen LogP contribution in [0.1, 0.15) is 92.4 Å².